The third-order valence-corrected chi connectivity index (χ3v) is 4.30. The third kappa shape index (κ3) is 4.65. The van der Waals surface area contributed by atoms with E-state index >= 15 is 0 Å². The van der Waals surface area contributed by atoms with Gasteiger partial charge in [-0.2, -0.15) is 0 Å². The van der Waals surface area contributed by atoms with Crippen LogP contribution in [0.15, 0.2) is 18.2 Å². The first-order chi connectivity index (χ1) is 9.66. The topological polar surface area (TPSA) is 41.1 Å². The molecule has 110 valence electrons. The molecule has 1 aromatic carbocycles. The Bertz CT molecular complexity index is 439. The van der Waals surface area contributed by atoms with Crippen LogP contribution in [0.25, 0.3) is 0 Å². The molecule has 1 aliphatic rings. The number of para-hydroxylation sites is 1. The van der Waals surface area contributed by atoms with Gasteiger partial charge in [-0.05, 0) is 37.4 Å². The van der Waals surface area contributed by atoms with Crippen LogP contribution in [0.2, 0.25) is 10.0 Å². The van der Waals surface area contributed by atoms with Crippen molar-refractivity contribution in [2.24, 2.45) is 5.92 Å². The van der Waals surface area contributed by atoms with Crippen molar-refractivity contribution >= 4 is 34.8 Å². The van der Waals surface area contributed by atoms with Gasteiger partial charge in [0.2, 0.25) is 5.91 Å². The second-order valence-electron chi connectivity index (χ2n) is 5.28. The molecule has 0 heterocycles. The van der Waals surface area contributed by atoms with Crippen molar-refractivity contribution in [1.82, 2.24) is 5.32 Å². The molecule has 0 aliphatic heterocycles. The number of amides is 1. The quantitative estimate of drug-likeness (QED) is 0.859. The molecule has 0 radical (unpaired) electrons. The van der Waals surface area contributed by atoms with Gasteiger partial charge in [0, 0.05) is 0 Å². The smallest absolute Gasteiger partial charge is 0.238 e. The van der Waals surface area contributed by atoms with E-state index in [1.165, 1.54) is 32.1 Å². The highest BCUT2D eigenvalue weighted by Crippen LogP contribution is 2.29. The van der Waals surface area contributed by atoms with Gasteiger partial charge in [-0.25, -0.2) is 0 Å². The number of rotatable bonds is 5. The molecule has 3 nitrogen and oxygen atoms in total. The summed E-state index contributed by atoms with van der Waals surface area (Å²) in [5, 5.41) is 6.88. The molecular weight excluding hydrogens is 295 g/mol. The standard InChI is InChI=1S/C15H20Cl2N2O/c16-12-7-4-8-13(17)15(12)19-14(20)10-18-9-11-5-2-1-3-6-11/h4,7-8,11,18H,1-3,5-6,9-10H2,(H,19,20). The molecule has 0 spiro atoms. The maximum Gasteiger partial charge on any atom is 0.238 e. The summed E-state index contributed by atoms with van der Waals surface area (Å²) >= 11 is 12.0. The highest BCUT2D eigenvalue weighted by Gasteiger charge is 2.14. The minimum atomic E-state index is -0.115. The van der Waals surface area contributed by atoms with Gasteiger partial charge in [-0.3, -0.25) is 4.79 Å². The predicted molar refractivity (Wildman–Crippen MR) is 84.5 cm³/mol. The summed E-state index contributed by atoms with van der Waals surface area (Å²) < 4.78 is 0. The summed E-state index contributed by atoms with van der Waals surface area (Å²) in [7, 11) is 0. The van der Waals surface area contributed by atoms with E-state index in [-0.39, 0.29) is 12.5 Å². The number of benzene rings is 1. The van der Waals surface area contributed by atoms with E-state index in [1.807, 2.05) is 0 Å². The fraction of sp³-hybridized carbons (Fsp3) is 0.533. The van der Waals surface area contributed by atoms with E-state index < -0.39 is 0 Å². The predicted octanol–water partition coefficient (Wildman–Crippen LogP) is 4.10. The first-order valence-electron chi connectivity index (χ1n) is 7.11. The molecule has 2 rings (SSSR count). The minimum absolute atomic E-state index is 0.115. The van der Waals surface area contributed by atoms with Gasteiger partial charge in [0.05, 0.1) is 22.3 Å². The van der Waals surface area contributed by atoms with Crippen molar-refractivity contribution in [2.45, 2.75) is 32.1 Å². The first-order valence-corrected chi connectivity index (χ1v) is 7.87. The van der Waals surface area contributed by atoms with E-state index in [1.54, 1.807) is 18.2 Å². The SMILES string of the molecule is O=C(CNCC1CCCCC1)Nc1c(Cl)cccc1Cl. The van der Waals surface area contributed by atoms with Gasteiger partial charge in [0.25, 0.3) is 0 Å². The number of carbonyl (C=O) groups excluding carboxylic acids is 1. The normalized spacial score (nSPS) is 16.1. The van der Waals surface area contributed by atoms with Gasteiger partial charge in [-0.15, -0.1) is 0 Å². The van der Waals surface area contributed by atoms with Crippen LogP contribution in [0.1, 0.15) is 32.1 Å². The van der Waals surface area contributed by atoms with Crippen LogP contribution in [0.5, 0.6) is 0 Å². The van der Waals surface area contributed by atoms with Crippen LogP contribution in [0, 0.1) is 5.92 Å². The molecule has 0 bridgehead atoms. The highest BCUT2D eigenvalue weighted by atomic mass is 35.5. The van der Waals surface area contributed by atoms with Crippen molar-refractivity contribution < 1.29 is 4.79 Å². The largest absolute Gasteiger partial charge is 0.322 e. The number of anilines is 1. The molecule has 1 fully saturated rings. The highest BCUT2D eigenvalue weighted by molar-refractivity contribution is 6.39. The lowest BCUT2D eigenvalue weighted by Gasteiger charge is -2.21. The lowest BCUT2D eigenvalue weighted by atomic mass is 9.89. The van der Waals surface area contributed by atoms with Gasteiger partial charge in [-0.1, -0.05) is 48.5 Å². The zero-order valence-corrected chi connectivity index (χ0v) is 12.9. The van der Waals surface area contributed by atoms with E-state index in [2.05, 4.69) is 10.6 Å². The average Bonchev–Trinajstić information content (AvgIpc) is 2.44. The molecule has 5 heteroatoms. The summed E-state index contributed by atoms with van der Waals surface area (Å²) in [6.45, 7) is 1.20. The zero-order valence-electron chi connectivity index (χ0n) is 11.4. The molecule has 1 amide bonds. The monoisotopic (exact) mass is 314 g/mol. The summed E-state index contributed by atoms with van der Waals surface area (Å²) in [6.07, 6.45) is 6.51. The van der Waals surface area contributed by atoms with Crippen molar-refractivity contribution in [2.75, 3.05) is 18.4 Å². The Labute approximate surface area is 130 Å². The van der Waals surface area contributed by atoms with E-state index in [4.69, 9.17) is 23.2 Å². The Hall–Kier alpha value is -0.770. The van der Waals surface area contributed by atoms with Crippen LogP contribution in [-0.2, 0) is 4.79 Å². The second kappa shape index (κ2) is 7.87. The number of nitrogens with one attached hydrogen (secondary N) is 2. The third-order valence-electron chi connectivity index (χ3n) is 3.67. The maximum absolute atomic E-state index is 11.9. The number of carbonyl (C=O) groups is 1. The van der Waals surface area contributed by atoms with Crippen molar-refractivity contribution in [3.63, 3.8) is 0 Å². The van der Waals surface area contributed by atoms with Crippen LogP contribution < -0.4 is 10.6 Å². The zero-order chi connectivity index (χ0) is 14.4. The summed E-state index contributed by atoms with van der Waals surface area (Å²) in [5.41, 5.74) is 0.486. The van der Waals surface area contributed by atoms with Crippen molar-refractivity contribution in [3.8, 4) is 0 Å². The molecule has 1 aliphatic carbocycles. The lowest BCUT2D eigenvalue weighted by Crippen LogP contribution is -2.32. The molecule has 2 N–H and O–H groups in total. The van der Waals surface area contributed by atoms with Crippen LogP contribution in [0.4, 0.5) is 5.69 Å². The number of hydrogen-bond donors (Lipinski definition) is 2. The van der Waals surface area contributed by atoms with Gasteiger partial charge < -0.3 is 10.6 Å². The number of halogens is 2. The molecular formula is C15H20Cl2N2O. The molecule has 0 saturated heterocycles. The summed E-state index contributed by atoms with van der Waals surface area (Å²) in [6, 6.07) is 5.17. The van der Waals surface area contributed by atoms with Gasteiger partial charge in [0.1, 0.15) is 0 Å². The molecule has 20 heavy (non-hydrogen) atoms. The fourth-order valence-corrected chi connectivity index (χ4v) is 3.07. The number of hydrogen-bond acceptors (Lipinski definition) is 2. The van der Waals surface area contributed by atoms with Gasteiger partial charge >= 0.3 is 0 Å². The van der Waals surface area contributed by atoms with Crippen LogP contribution >= 0.6 is 23.2 Å². The molecule has 0 atom stereocenters. The Kier molecular flexibility index (Phi) is 6.14. The van der Waals surface area contributed by atoms with Crippen molar-refractivity contribution in [1.29, 1.82) is 0 Å². The summed E-state index contributed by atoms with van der Waals surface area (Å²) in [4.78, 5) is 11.9. The maximum atomic E-state index is 11.9. The fourth-order valence-electron chi connectivity index (χ4n) is 2.58. The first kappa shape index (κ1) is 15.6. The Morgan fingerprint density at radius 1 is 1.15 bits per heavy atom. The van der Waals surface area contributed by atoms with Gasteiger partial charge in [0.15, 0.2) is 0 Å². The Balaban J connectivity index is 1.75. The molecule has 0 unspecified atom stereocenters. The molecule has 1 saturated carbocycles. The van der Waals surface area contributed by atoms with Crippen LogP contribution in [-0.4, -0.2) is 19.0 Å². The summed E-state index contributed by atoms with van der Waals surface area (Å²) in [5.74, 6) is 0.594. The Morgan fingerprint density at radius 2 is 1.80 bits per heavy atom. The van der Waals surface area contributed by atoms with E-state index in [9.17, 15) is 4.79 Å². The van der Waals surface area contributed by atoms with E-state index in [0.717, 1.165) is 6.54 Å². The molecule has 1 aromatic rings. The molecule has 0 aromatic heterocycles. The van der Waals surface area contributed by atoms with E-state index in [0.29, 0.717) is 21.7 Å². The average molecular weight is 315 g/mol. The van der Waals surface area contributed by atoms with Crippen LogP contribution in [0.3, 0.4) is 0 Å². The second-order valence-corrected chi connectivity index (χ2v) is 6.09. The lowest BCUT2D eigenvalue weighted by molar-refractivity contribution is -0.115. The minimum Gasteiger partial charge on any atom is -0.322 e. The Morgan fingerprint density at radius 3 is 2.45 bits per heavy atom. The van der Waals surface area contributed by atoms with Crippen molar-refractivity contribution in [3.05, 3.63) is 28.2 Å².